The van der Waals surface area contributed by atoms with Gasteiger partial charge in [-0.2, -0.15) is 0 Å². The molecule has 0 aliphatic carbocycles. The summed E-state index contributed by atoms with van der Waals surface area (Å²) in [7, 11) is 0. The monoisotopic (exact) mass is 270 g/mol. The van der Waals surface area contributed by atoms with Crippen LogP contribution in [0.3, 0.4) is 0 Å². The fraction of sp³-hybridized carbons (Fsp3) is 0.923. The highest BCUT2D eigenvalue weighted by Gasteiger charge is 2.35. The Hall–Kier alpha value is -0.850. The molecule has 0 bridgehead atoms. The number of amides is 2. The Labute approximate surface area is 115 Å². The molecule has 1 atom stereocenters. The number of hydrogen-bond acceptors (Lipinski definition) is 4. The number of unbranched alkanes of at least 4 members (excludes halogenated alkanes) is 1. The van der Waals surface area contributed by atoms with Crippen LogP contribution < -0.4 is 5.32 Å². The molecular formula is C13H26N4O2. The van der Waals surface area contributed by atoms with Crippen molar-refractivity contribution in [1.29, 1.82) is 0 Å². The number of aliphatic hydroxyl groups is 1. The lowest BCUT2D eigenvalue weighted by Gasteiger charge is -2.40. The molecule has 0 radical (unpaired) electrons. The van der Waals surface area contributed by atoms with E-state index in [9.17, 15) is 4.79 Å². The Morgan fingerprint density at radius 2 is 2.00 bits per heavy atom. The molecule has 0 aromatic carbocycles. The predicted molar refractivity (Wildman–Crippen MR) is 73.9 cm³/mol. The van der Waals surface area contributed by atoms with E-state index in [4.69, 9.17) is 5.11 Å². The van der Waals surface area contributed by atoms with E-state index in [1.807, 2.05) is 4.90 Å². The van der Waals surface area contributed by atoms with Gasteiger partial charge >= 0.3 is 6.03 Å². The number of nitrogens with one attached hydrogen (secondary N) is 1. The molecule has 0 saturated carbocycles. The molecule has 6 heteroatoms. The van der Waals surface area contributed by atoms with Crippen molar-refractivity contribution in [3.05, 3.63) is 0 Å². The number of carbonyl (C=O) groups excluding carboxylic acids is 1. The first-order chi connectivity index (χ1) is 9.26. The average Bonchev–Trinajstić information content (AvgIpc) is 2.79. The number of β-amino-alcohol motifs (C(OH)–C–C–N with tert-alkyl or cyclic N) is 1. The predicted octanol–water partition coefficient (Wildman–Crippen LogP) is -0.252. The van der Waals surface area contributed by atoms with Crippen LogP contribution in [0.4, 0.5) is 4.79 Å². The summed E-state index contributed by atoms with van der Waals surface area (Å²) in [6.45, 7) is 8.63. The van der Waals surface area contributed by atoms with Gasteiger partial charge in [0.15, 0.2) is 0 Å². The topological polar surface area (TPSA) is 59.1 Å². The molecule has 2 heterocycles. The highest BCUT2D eigenvalue weighted by molar-refractivity contribution is 5.76. The Balaban J connectivity index is 1.85. The SMILES string of the molecule is CCCCN1C(=O)NCC1N1CCN(CCO)CC1. The van der Waals surface area contributed by atoms with Crippen LogP contribution in [0.5, 0.6) is 0 Å². The van der Waals surface area contributed by atoms with Crippen molar-refractivity contribution >= 4 is 6.03 Å². The summed E-state index contributed by atoms with van der Waals surface area (Å²) in [4.78, 5) is 18.5. The van der Waals surface area contributed by atoms with Crippen molar-refractivity contribution in [2.75, 3.05) is 52.4 Å². The number of aliphatic hydroxyl groups excluding tert-OH is 1. The van der Waals surface area contributed by atoms with Crippen molar-refractivity contribution in [3.63, 3.8) is 0 Å². The summed E-state index contributed by atoms with van der Waals surface area (Å²) in [6.07, 6.45) is 2.39. The first-order valence-electron chi connectivity index (χ1n) is 7.38. The molecule has 2 aliphatic rings. The normalized spacial score (nSPS) is 25.9. The fourth-order valence-electron chi connectivity index (χ4n) is 2.86. The van der Waals surface area contributed by atoms with Gasteiger partial charge in [-0.15, -0.1) is 0 Å². The highest BCUT2D eigenvalue weighted by Crippen LogP contribution is 2.15. The summed E-state index contributed by atoms with van der Waals surface area (Å²) in [6, 6.07) is 0.0798. The Bertz CT molecular complexity index is 292. The van der Waals surface area contributed by atoms with Gasteiger partial charge in [0.2, 0.25) is 0 Å². The van der Waals surface area contributed by atoms with E-state index >= 15 is 0 Å². The smallest absolute Gasteiger partial charge is 0.318 e. The minimum absolute atomic E-state index is 0.0798. The molecule has 0 spiro atoms. The van der Waals surface area contributed by atoms with Crippen LogP contribution in [-0.2, 0) is 0 Å². The largest absolute Gasteiger partial charge is 0.395 e. The maximum atomic E-state index is 11.8. The van der Waals surface area contributed by atoms with Crippen molar-refractivity contribution in [3.8, 4) is 0 Å². The van der Waals surface area contributed by atoms with E-state index < -0.39 is 0 Å². The van der Waals surface area contributed by atoms with Gasteiger partial charge < -0.3 is 15.3 Å². The molecule has 19 heavy (non-hydrogen) atoms. The fourth-order valence-corrected chi connectivity index (χ4v) is 2.86. The molecule has 0 aromatic heterocycles. The molecule has 2 aliphatic heterocycles. The third-order valence-corrected chi connectivity index (χ3v) is 4.05. The molecule has 2 saturated heterocycles. The zero-order valence-corrected chi connectivity index (χ0v) is 11.8. The summed E-state index contributed by atoms with van der Waals surface area (Å²) in [5.74, 6) is 0. The molecule has 0 aromatic rings. The van der Waals surface area contributed by atoms with Gasteiger partial charge in [0, 0.05) is 39.3 Å². The second kappa shape index (κ2) is 7.07. The van der Waals surface area contributed by atoms with E-state index in [0.717, 1.165) is 58.7 Å². The number of nitrogens with zero attached hydrogens (tertiary/aromatic N) is 3. The quantitative estimate of drug-likeness (QED) is 0.699. The summed E-state index contributed by atoms with van der Waals surface area (Å²) in [5.41, 5.74) is 0. The van der Waals surface area contributed by atoms with Crippen LogP contribution in [0.2, 0.25) is 0 Å². The number of urea groups is 1. The zero-order chi connectivity index (χ0) is 13.7. The van der Waals surface area contributed by atoms with E-state index in [1.54, 1.807) is 0 Å². The molecular weight excluding hydrogens is 244 g/mol. The van der Waals surface area contributed by atoms with Crippen molar-refractivity contribution in [2.45, 2.75) is 25.9 Å². The third kappa shape index (κ3) is 3.58. The van der Waals surface area contributed by atoms with Crippen LogP contribution >= 0.6 is 0 Å². The van der Waals surface area contributed by atoms with Crippen LogP contribution in [0.1, 0.15) is 19.8 Å². The molecule has 1 unspecified atom stereocenters. The van der Waals surface area contributed by atoms with Gasteiger partial charge in [0.1, 0.15) is 6.17 Å². The van der Waals surface area contributed by atoms with Gasteiger partial charge in [-0.3, -0.25) is 9.80 Å². The molecule has 2 fully saturated rings. The minimum Gasteiger partial charge on any atom is -0.395 e. The molecule has 2 rings (SSSR count). The number of rotatable bonds is 6. The van der Waals surface area contributed by atoms with Crippen LogP contribution in [0, 0.1) is 0 Å². The summed E-state index contributed by atoms with van der Waals surface area (Å²) < 4.78 is 0. The van der Waals surface area contributed by atoms with Crippen LogP contribution in [-0.4, -0.2) is 84.4 Å². The Kier molecular flexibility index (Phi) is 5.42. The first kappa shape index (κ1) is 14.6. The molecule has 2 N–H and O–H groups in total. The lowest BCUT2D eigenvalue weighted by Crippen LogP contribution is -2.55. The van der Waals surface area contributed by atoms with Gasteiger partial charge in [0.05, 0.1) is 13.2 Å². The highest BCUT2D eigenvalue weighted by atomic mass is 16.3. The third-order valence-electron chi connectivity index (χ3n) is 4.05. The van der Waals surface area contributed by atoms with Crippen LogP contribution in [0.15, 0.2) is 0 Å². The number of piperazine rings is 1. The van der Waals surface area contributed by atoms with Gasteiger partial charge in [-0.1, -0.05) is 13.3 Å². The maximum absolute atomic E-state index is 11.8. The Morgan fingerprint density at radius 3 is 2.63 bits per heavy atom. The average molecular weight is 270 g/mol. The lowest BCUT2D eigenvalue weighted by atomic mass is 10.2. The minimum atomic E-state index is 0.0798. The van der Waals surface area contributed by atoms with Crippen molar-refractivity contribution < 1.29 is 9.90 Å². The molecule has 6 nitrogen and oxygen atoms in total. The van der Waals surface area contributed by atoms with E-state index in [2.05, 4.69) is 22.0 Å². The Morgan fingerprint density at radius 1 is 1.26 bits per heavy atom. The second-order valence-electron chi connectivity index (χ2n) is 5.31. The van der Waals surface area contributed by atoms with Crippen LogP contribution in [0.25, 0.3) is 0 Å². The summed E-state index contributed by atoms with van der Waals surface area (Å²) in [5, 5.41) is 11.9. The van der Waals surface area contributed by atoms with Crippen molar-refractivity contribution in [2.24, 2.45) is 0 Å². The zero-order valence-electron chi connectivity index (χ0n) is 11.8. The maximum Gasteiger partial charge on any atom is 0.318 e. The number of hydrogen-bond donors (Lipinski definition) is 2. The lowest BCUT2D eigenvalue weighted by molar-refractivity contribution is 0.0410. The standard InChI is InChI=1S/C13H26N4O2/c1-2-3-4-17-12(11-14-13(17)19)16-7-5-15(6-8-16)9-10-18/h12,18H,2-11H2,1H3,(H,14,19). The van der Waals surface area contributed by atoms with E-state index in [1.165, 1.54) is 0 Å². The van der Waals surface area contributed by atoms with Gasteiger partial charge in [0.25, 0.3) is 0 Å². The van der Waals surface area contributed by atoms with Gasteiger partial charge in [-0.05, 0) is 6.42 Å². The van der Waals surface area contributed by atoms with Crippen molar-refractivity contribution in [1.82, 2.24) is 20.0 Å². The number of carbonyl (C=O) groups is 1. The van der Waals surface area contributed by atoms with E-state index in [-0.39, 0.29) is 18.8 Å². The molecule has 110 valence electrons. The van der Waals surface area contributed by atoms with E-state index in [0.29, 0.717) is 0 Å². The summed E-state index contributed by atoms with van der Waals surface area (Å²) >= 11 is 0. The second-order valence-corrected chi connectivity index (χ2v) is 5.31. The van der Waals surface area contributed by atoms with Gasteiger partial charge in [-0.25, -0.2) is 4.79 Å². The molecule has 2 amide bonds. The first-order valence-corrected chi connectivity index (χ1v) is 7.38.